The summed E-state index contributed by atoms with van der Waals surface area (Å²) in [7, 11) is 0. The molecule has 2 rings (SSSR count). The third-order valence-corrected chi connectivity index (χ3v) is 4.14. The molecule has 1 aromatic rings. The fourth-order valence-corrected chi connectivity index (χ4v) is 2.43. The van der Waals surface area contributed by atoms with Gasteiger partial charge < -0.3 is 10.2 Å². The summed E-state index contributed by atoms with van der Waals surface area (Å²) in [5, 5.41) is 3.59. The van der Waals surface area contributed by atoms with E-state index in [2.05, 4.69) is 31.0 Å². The highest BCUT2D eigenvalue weighted by atomic mass is 19.1. The molecule has 100 valence electrons. The molecule has 1 aromatic carbocycles. The molecule has 1 aliphatic heterocycles. The van der Waals surface area contributed by atoms with Crippen LogP contribution in [0.4, 0.5) is 10.1 Å². The molecule has 1 saturated heterocycles. The van der Waals surface area contributed by atoms with E-state index in [4.69, 9.17) is 0 Å². The van der Waals surface area contributed by atoms with Gasteiger partial charge in [0.1, 0.15) is 5.82 Å². The van der Waals surface area contributed by atoms with Crippen molar-refractivity contribution in [3.63, 3.8) is 0 Å². The molecule has 1 aliphatic rings. The van der Waals surface area contributed by atoms with Crippen LogP contribution in [-0.2, 0) is 0 Å². The Labute approximate surface area is 109 Å². The topological polar surface area (TPSA) is 15.3 Å². The molecule has 0 saturated carbocycles. The summed E-state index contributed by atoms with van der Waals surface area (Å²) in [5.74, 6) is -0.114. The fraction of sp³-hybridized carbons (Fsp3) is 0.600. The molecule has 0 aromatic heterocycles. The smallest absolute Gasteiger partial charge is 0.128 e. The number of benzene rings is 1. The third-order valence-electron chi connectivity index (χ3n) is 4.14. The van der Waals surface area contributed by atoms with Crippen LogP contribution in [0, 0.1) is 12.7 Å². The molecule has 2 atom stereocenters. The Bertz CT molecular complexity index is 433. The van der Waals surface area contributed by atoms with Gasteiger partial charge in [0.15, 0.2) is 0 Å². The maximum absolute atomic E-state index is 13.7. The van der Waals surface area contributed by atoms with Crippen molar-refractivity contribution < 1.29 is 4.39 Å². The summed E-state index contributed by atoms with van der Waals surface area (Å²) >= 11 is 0. The highest BCUT2D eigenvalue weighted by molar-refractivity contribution is 5.50. The molecular weight excluding hydrogens is 227 g/mol. The minimum Gasteiger partial charge on any atom is -0.366 e. The van der Waals surface area contributed by atoms with E-state index in [0.29, 0.717) is 11.6 Å². The van der Waals surface area contributed by atoms with Crippen LogP contribution in [0.15, 0.2) is 18.2 Å². The van der Waals surface area contributed by atoms with Gasteiger partial charge in [-0.3, -0.25) is 0 Å². The number of hydrogen-bond acceptors (Lipinski definition) is 2. The van der Waals surface area contributed by atoms with Gasteiger partial charge >= 0.3 is 0 Å². The van der Waals surface area contributed by atoms with Crippen LogP contribution >= 0.6 is 0 Å². The normalized spacial score (nSPS) is 28.5. The predicted molar refractivity (Wildman–Crippen MR) is 74.6 cm³/mol. The lowest BCUT2D eigenvalue weighted by atomic mass is 9.93. The average Bonchev–Trinajstić information content (AvgIpc) is 2.36. The number of anilines is 1. The Kier molecular flexibility index (Phi) is 3.62. The predicted octanol–water partition coefficient (Wildman–Crippen LogP) is 3.10. The first-order valence-electron chi connectivity index (χ1n) is 6.73. The van der Waals surface area contributed by atoms with Crippen molar-refractivity contribution >= 4 is 5.69 Å². The largest absolute Gasteiger partial charge is 0.366 e. The number of halogens is 1. The molecule has 3 heteroatoms. The summed E-state index contributed by atoms with van der Waals surface area (Å²) in [6, 6.07) is 5.94. The number of nitrogens with zero attached hydrogens (tertiary/aromatic N) is 1. The monoisotopic (exact) mass is 250 g/mol. The minimum absolute atomic E-state index is 0.114. The van der Waals surface area contributed by atoms with Crippen molar-refractivity contribution in [2.45, 2.75) is 45.7 Å². The second-order valence-corrected chi connectivity index (χ2v) is 5.71. The lowest BCUT2D eigenvalue weighted by Gasteiger charge is -2.46. The maximum Gasteiger partial charge on any atom is 0.128 e. The van der Waals surface area contributed by atoms with Gasteiger partial charge in [0, 0.05) is 30.4 Å². The van der Waals surface area contributed by atoms with Gasteiger partial charge in [-0.25, -0.2) is 4.39 Å². The zero-order chi connectivity index (χ0) is 13.3. The maximum atomic E-state index is 13.7. The first-order valence-corrected chi connectivity index (χ1v) is 6.73. The van der Waals surface area contributed by atoms with Gasteiger partial charge in [0.2, 0.25) is 0 Å². The summed E-state index contributed by atoms with van der Waals surface area (Å²) in [4.78, 5) is 2.31. The number of hydrogen-bond donors (Lipinski definition) is 1. The van der Waals surface area contributed by atoms with Gasteiger partial charge in [-0.1, -0.05) is 13.0 Å². The molecular formula is C15H23FN2. The molecule has 0 amide bonds. The van der Waals surface area contributed by atoms with E-state index < -0.39 is 0 Å². The second kappa shape index (κ2) is 4.88. The number of rotatable bonds is 2. The zero-order valence-electron chi connectivity index (χ0n) is 11.8. The standard InChI is InChI=1S/C15H23FN2/c1-5-15(4)10-18(12(3)9-17-15)13-7-6-11(2)14(16)8-13/h6-8,12,17H,5,9-10H2,1-4H3. The summed E-state index contributed by atoms with van der Waals surface area (Å²) < 4.78 is 13.7. The van der Waals surface area contributed by atoms with Crippen molar-refractivity contribution in [1.29, 1.82) is 0 Å². The summed E-state index contributed by atoms with van der Waals surface area (Å²) in [5.41, 5.74) is 1.82. The quantitative estimate of drug-likeness (QED) is 0.867. The Hall–Kier alpha value is -1.09. The van der Waals surface area contributed by atoms with E-state index in [-0.39, 0.29) is 11.4 Å². The zero-order valence-corrected chi connectivity index (χ0v) is 11.8. The highest BCUT2D eigenvalue weighted by Crippen LogP contribution is 2.26. The van der Waals surface area contributed by atoms with E-state index in [1.165, 1.54) is 0 Å². The van der Waals surface area contributed by atoms with Crippen molar-refractivity contribution in [2.75, 3.05) is 18.0 Å². The molecule has 0 aliphatic carbocycles. The number of aryl methyl sites for hydroxylation is 1. The van der Waals surface area contributed by atoms with Gasteiger partial charge in [0.25, 0.3) is 0 Å². The Morgan fingerprint density at radius 3 is 2.83 bits per heavy atom. The van der Waals surface area contributed by atoms with E-state index in [0.717, 1.165) is 25.2 Å². The minimum atomic E-state index is -0.114. The van der Waals surface area contributed by atoms with Gasteiger partial charge in [-0.2, -0.15) is 0 Å². The highest BCUT2D eigenvalue weighted by Gasteiger charge is 2.32. The lowest BCUT2D eigenvalue weighted by Crippen LogP contribution is -2.62. The first kappa shape index (κ1) is 13.3. The molecule has 0 bridgehead atoms. The Morgan fingerprint density at radius 1 is 1.50 bits per heavy atom. The summed E-state index contributed by atoms with van der Waals surface area (Å²) in [6.07, 6.45) is 1.07. The van der Waals surface area contributed by atoms with Crippen LogP contribution in [0.25, 0.3) is 0 Å². The van der Waals surface area contributed by atoms with Crippen LogP contribution in [0.3, 0.4) is 0 Å². The van der Waals surface area contributed by atoms with Crippen LogP contribution in [-0.4, -0.2) is 24.7 Å². The van der Waals surface area contributed by atoms with Crippen LogP contribution < -0.4 is 10.2 Å². The molecule has 2 nitrogen and oxygen atoms in total. The lowest BCUT2D eigenvalue weighted by molar-refractivity contribution is 0.285. The van der Waals surface area contributed by atoms with E-state index in [9.17, 15) is 4.39 Å². The van der Waals surface area contributed by atoms with Crippen LogP contribution in [0.2, 0.25) is 0 Å². The van der Waals surface area contributed by atoms with Gasteiger partial charge in [0.05, 0.1) is 0 Å². The van der Waals surface area contributed by atoms with Crippen molar-refractivity contribution in [3.05, 3.63) is 29.6 Å². The Morgan fingerprint density at radius 2 is 2.22 bits per heavy atom. The number of piperazine rings is 1. The number of nitrogens with one attached hydrogen (secondary N) is 1. The average molecular weight is 250 g/mol. The summed E-state index contributed by atoms with van der Waals surface area (Å²) in [6.45, 7) is 10.3. The van der Waals surface area contributed by atoms with Gasteiger partial charge in [-0.15, -0.1) is 0 Å². The first-order chi connectivity index (χ1) is 8.45. The third kappa shape index (κ3) is 2.51. The van der Waals surface area contributed by atoms with Crippen LogP contribution in [0.1, 0.15) is 32.8 Å². The van der Waals surface area contributed by atoms with Crippen molar-refractivity contribution in [1.82, 2.24) is 5.32 Å². The van der Waals surface area contributed by atoms with E-state index in [1.807, 2.05) is 12.1 Å². The second-order valence-electron chi connectivity index (χ2n) is 5.71. The SMILES string of the molecule is CCC1(C)CN(c2ccc(C)c(F)c2)C(C)CN1. The molecule has 1 heterocycles. The van der Waals surface area contributed by atoms with Gasteiger partial charge in [-0.05, 0) is 44.9 Å². The molecule has 0 spiro atoms. The van der Waals surface area contributed by atoms with E-state index >= 15 is 0 Å². The Balaban J connectivity index is 2.27. The van der Waals surface area contributed by atoms with E-state index in [1.54, 1.807) is 13.0 Å². The molecule has 1 fully saturated rings. The fourth-order valence-electron chi connectivity index (χ4n) is 2.43. The molecule has 2 unspecified atom stereocenters. The molecule has 0 radical (unpaired) electrons. The molecule has 1 N–H and O–H groups in total. The van der Waals surface area contributed by atoms with Crippen molar-refractivity contribution in [2.24, 2.45) is 0 Å². The van der Waals surface area contributed by atoms with Crippen LogP contribution in [0.5, 0.6) is 0 Å². The molecule has 18 heavy (non-hydrogen) atoms. The van der Waals surface area contributed by atoms with Crippen molar-refractivity contribution in [3.8, 4) is 0 Å².